The van der Waals surface area contributed by atoms with E-state index in [2.05, 4.69) is 0 Å². The van der Waals surface area contributed by atoms with Gasteiger partial charge in [0.2, 0.25) is 18.3 Å². The summed E-state index contributed by atoms with van der Waals surface area (Å²) in [5.74, 6) is 1.71. The minimum Gasteiger partial charge on any atom is -0.493 e. The SMILES string of the molecule is COc1cc(C=O)c2c(c1OC)OCO2. The first kappa shape index (κ1) is 9.64. The molecule has 2 rings (SSSR count). The van der Waals surface area contributed by atoms with Crippen LogP contribution in [0.3, 0.4) is 0 Å². The summed E-state index contributed by atoms with van der Waals surface area (Å²) in [5.41, 5.74) is 0.389. The Labute approximate surface area is 86.5 Å². The highest BCUT2D eigenvalue weighted by Gasteiger charge is 2.26. The number of rotatable bonds is 3. The number of carbonyl (C=O) groups is 1. The third-order valence-electron chi connectivity index (χ3n) is 2.14. The van der Waals surface area contributed by atoms with Crippen LogP contribution >= 0.6 is 0 Å². The van der Waals surface area contributed by atoms with Crippen LogP contribution in [0.4, 0.5) is 0 Å². The molecule has 0 bridgehead atoms. The molecule has 0 saturated heterocycles. The first-order valence-corrected chi connectivity index (χ1v) is 4.31. The van der Waals surface area contributed by atoms with E-state index in [4.69, 9.17) is 18.9 Å². The van der Waals surface area contributed by atoms with Gasteiger partial charge < -0.3 is 18.9 Å². The highest BCUT2D eigenvalue weighted by Crippen LogP contribution is 2.48. The second-order valence-corrected chi connectivity index (χ2v) is 2.88. The molecule has 0 spiro atoms. The normalized spacial score (nSPS) is 12.4. The lowest BCUT2D eigenvalue weighted by atomic mass is 10.1. The van der Waals surface area contributed by atoms with Gasteiger partial charge >= 0.3 is 0 Å². The number of hydrogen-bond donors (Lipinski definition) is 0. The summed E-state index contributed by atoms with van der Waals surface area (Å²) < 4.78 is 20.6. The first-order valence-electron chi connectivity index (χ1n) is 4.31. The molecular weight excluding hydrogens is 200 g/mol. The average molecular weight is 210 g/mol. The largest absolute Gasteiger partial charge is 0.493 e. The molecule has 5 heteroatoms. The van der Waals surface area contributed by atoms with Crippen LogP contribution in [0.1, 0.15) is 10.4 Å². The maximum absolute atomic E-state index is 10.8. The molecular formula is C10H10O5. The fourth-order valence-corrected chi connectivity index (χ4v) is 1.48. The lowest BCUT2D eigenvalue weighted by molar-refractivity contribution is 0.111. The smallest absolute Gasteiger partial charge is 0.231 e. The Balaban J connectivity index is 2.65. The molecule has 1 aromatic carbocycles. The maximum Gasteiger partial charge on any atom is 0.231 e. The predicted molar refractivity (Wildman–Crippen MR) is 51.1 cm³/mol. The Morgan fingerprint density at radius 1 is 1.27 bits per heavy atom. The molecule has 0 saturated carbocycles. The Hall–Kier alpha value is -1.91. The van der Waals surface area contributed by atoms with Gasteiger partial charge in [-0.3, -0.25) is 4.79 Å². The van der Waals surface area contributed by atoms with E-state index in [1.807, 2.05) is 0 Å². The van der Waals surface area contributed by atoms with E-state index in [9.17, 15) is 4.79 Å². The number of hydrogen-bond acceptors (Lipinski definition) is 5. The van der Waals surface area contributed by atoms with Gasteiger partial charge in [-0.2, -0.15) is 0 Å². The zero-order valence-corrected chi connectivity index (χ0v) is 8.40. The van der Waals surface area contributed by atoms with Gasteiger partial charge in [-0.25, -0.2) is 0 Å². The van der Waals surface area contributed by atoms with Crippen molar-refractivity contribution in [1.29, 1.82) is 0 Å². The van der Waals surface area contributed by atoms with Crippen LogP contribution in [0.5, 0.6) is 23.0 Å². The van der Waals surface area contributed by atoms with E-state index < -0.39 is 0 Å². The topological polar surface area (TPSA) is 54.0 Å². The van der Waals surface area contributed by atoms with Crippen LogP contribution in [-0.4, -0.2) is 27.3 Å². The lowest BCUT2D eigenvalue weighted by Crippen LogP contribution is -1.95. The number of benzene rings is 1. The maximum atomic E-state index is 10.8. The highest BCUT2D eigenvalue weighted by atomic mass is 16.7. The van der Waals surface area contributed by atoms with Crippen LogP contribution < -0.4 is 18.9 Å². The average Bonchev–Trinajstić information content (AvgIpc) is 2.75. The number of ether oxygens (including phenoxy) is 4. The van der Waals surface area contributed by atoms with Gasteiger partial charge in [0.1, 0.15) is 0 Å². The predicted octanol–water partition coefficient (Wildman–Crippen LogP) is 1.24. The Bertz CT molecular complexity index is 399. The number of methoxy groups -OCH3 is 2. The van der Waals surface area contributed by atoms with Gasteiger partial charge in [-0.05, 0) is 6.07 Å². The molecule has 0 unspecified atom stereocenters. The Morgan fingerprint density at radius 2 is 2.00 bits per heavy atom. The van der Waals surface area contributed by atoms with Crippen molar-refractivity contribution in [3.8, 4) is 23.0 Å². The molecule has 1 heterocycles. The van der Waals surface area contributed by atoms with Crippen LogP contribution in [0.25, 0.3) is 0 Å². The minimum absolute atomic E-state index is 0.0830. The van der Waals surface area contributed by atoms with Crippen molar-refractivity contribution in [2.24, 2.45) is 0 Å². The molecule has 0 aromatic heterocycles. The molecule has 0 radical (unpaired) electrons. The molecule has 1 aliphatic rings. The fourth-order valence-electron chi connectivity index (χ4n) is 1.48. The second kappa shape index (κ2) is 3.68. The molecule has 0 aliphatic carbocycles. The highest BCUT2D eigenvalue weighted by molar-refractivity contribution is 5.84. The van der Waals surface area contributed by atoms with Crippen molar-refractivity contribution in [2.75, 3.05) is 21.0 Å². The first-order chi connectivity index (χ1) is 7.31. The van der Waals surface area contributed by atoms with Crippen molar-refractivity contribution < 1.29 is 23.7 Å². The summed E-state index contributed by atoms with van der Waals surface area (Å²) in [6.07, 6.45) is 0.690. The van der Waals surface area contributed by atoms with E-state index in [-0.39, 0.29) is 6.79 Å². The van der Waals surface area contributed by atoms with E-state index in [1.165, 1.54) is 14.2 Å². The summed E-state index contributed by atoms with van der Waals surface area (Å²) in [6, 6.07) is 1.55. The van der Waals surface area contributed by atoms with E-state index in [0.29, 0.717) is 34.8 Å². The monoisotopic (exact) mass is 210 g/mol. The number of carbonyl (C=O) groups excluding carboxylic acids is 1. The Morgan fingerprint density at radius 3 is 2.60 bits per heavy atom. The van der Waals surface area contributed by atoms with Gasteiger partial charge in [-0.15, -0.1) is 0 Å². The molecule has 0 atom stereocenters. The minimum atomic E-state index is 0.0830. The number of aldehydes is 1. The van der Waals surface area contributed by atoms with Crippen LogP contribution in [-0.2, 0) is 0 Å². The third-order valence-corrected chi connectivity index (χ3v) is 2.14. The summed E-state index contributed by atoms with van der Waals surface area (Å²) in [6.45, 7) is 0.0830. The van der Waals surface area contributed by atoms with Crippen LogP contribution in [0.15, 0.2) is 6.07 Å². The lowest BCUT2D eigenvalue weighted by Gasteiger charge is -2.10. The molecule has 0 N–H and O–H groups in total. The van der Waals surface area contributed by atoms with Crippen LogP contribution in [0.2, 0.25) is 0 Å². The molecule has 0 fully saturated rings. The summed E-state index contributed by atoms with van der Waals surface area (Å²) in [7, 11) is 3.00. The Kier molecular flexibility index (Phi) is 2.37. The zero-order valence-electron chi connectivity index (χ0n) is 8.40. The van der Waals surface area contributed by atoms with Crippen molar-refractivity contribution in [1.82, 2.24) is 0 Å². The van der Waals surface area contributed by atoms with Crippen molar-refractivity contribution in [3.63, 3.8) is 0 Å². The zero-order chi connectivity index (χ0) is 10.8. The fraction of sp³-hybridized carbons (Fsp3) is 0.300. The quantitative estimate of drug-likeness (QED) is 0.702. The van der Waals surface area contributed by atoms with Gasteiger partial charge in [0.25, 0.3) is 0 Å². The molecule has 1 aromatic rings. The van der Waals surface area contributed by atoms with Gasteiger partial charge in [0.15, 0.2) is 17.8 Å². The summed E-state index contributed by atoms with van der Waals surface area (Å²) in [4.78, 5) is 10.8. The van der Waals surface area contributed by atoms with Gasteiger partial charge in [0.05, 0.1) is 19.8 Å². The van der Waals surface area contributed by atoms with E-state index in [0.717, 1.165) is 0 Å². The van der Waals surface area contributed by atoms with Crippen molar-refractivity contribution in [2.45, 2.75) is 0 Å². The second-order valence-electron chi connectivity index (χ2n) is 2.88. The van der Waals surface area contributed by atoms with E-state index in [1.54, 1.807) is 6.07 Å². The summed E-state index contributed by atoms with van der Waals surface area (Å²) in [5, 5.41) is 0. The van der Waals surface area contributed by atoms with E-state index >= 15 is 0 Å². The third kappa shape index (κ3) is 1.36. The van der Waals surface area contributed by atoms with Crippen LogP contribution in [0, 0.1) is 0 Å². The molecule has 0 amide bonds. The molecule has 15 heavy (non-hydrogen) atoms. The molecule has 1 aliphatic heterocycles. The standard InChI is InChI=1S/C10H10O5/c1-12-7-3-6(4-11)8-10(9(7)13-2)15-5-14-8/h3-4H,5H2,1-2H3. The molecule has 5 nitrogen and oxygen atoms in total. The number of fused-ring (bicyclic) bond motifs is 1. The summed E-state index contributed by atoms with van der Waals surface area (Å²) >= 11 is 0. The molecule has 80 valence electrons. The van der Waals surface area contributed by atoms with Gasteiger partial charge in [0, 0.05) is 0 Å². The van der Waals surface area contributed by atoms with Crippen molar-refractivity contribution in [3.05, 3.63) is 11.6 Å². The van der Waals surface area contributed by atoms with Gasteiger partial charge in [-0.1, -0.05) is 0 Å². The van der Waals surface area contributed by atoms with Crippen molar-refractivity contribution >= 4 is 6.29 Å².